The van der Waals surface area contributed by atoms with Gasteiger partial charge in [-0.3, -0.25) is 4.79 Å². The summed E-state index contributed by atoms with van der Waals surface area (Å²) >= 11 is 0. The Hall–Kier alpha value is -1.61. The van der Waals surface area contributed by atoms with Gasteiger partial charge in [0.1, 0.15) is 17.1 Å². The summed E-state index contributed by atoms with van der Waals surface area (Å²) < 4.78 is 5.62. The Labute approximate surface area is 94.2 Å². The molecule has 2 N–H and O–H groups in total. The SMILES string of the molecule is CC(=O)C(C)(N)Cc1cc2ccccc2o1. The van der Waals surface area contributed by atoms with Crippen LogP contribution >= 0.6 is 0 Å². The van der Waals surface area contributed by atoms with Crippen molar-refractivity contribution in [3.63, 3.8) is 0 Å². The Balaban J connectivity index is 2.32. The van der Waals surface area contributed by atoms with E-state index in [-0.39, 0.29) is 5.78 Å². The lowest BCUT2D eigenvalue weighted by Gasteiger charge is -2.19. The van der Waals surface area contributed by atoms with Crippen molar-refractivity contribution < 1.29 is 9.21 Å². The standard InChI is InChI=1S/C13H15NO2/c1-9(15)13(2,14)8-11-7-10-5-3-4-6-12(10)16-11/h3-7H,8,14H2,1-2H3. The topological polar surface area (TPSA) is 56.2 Å². The second kappa shape index (κ2) is 3.76. The molecule has 16 heavy (non-hydrogen) atoms. The van der Waals surface area contributed by atoms with Crippen molar-refractivity contribution in [2.24, 2.45) is 5.73 Å². The quantitative estimate of drug-likeness (QED) is 0.858. The van der Waals surface area contributed by atoms with E-state index < -0.39 is 5.54 Å². The summed E-state index contributed by atoms with van der Waals surface area (Å²) in [5.74, 6) is 0.717. The lowest BCUT2D eigenvalue weighted by atomic mass is 9.93. The number of furan rings is 1. The van der Waals surface area contributed by atoms with E-state index in [2.05, 4.69) is 0 Å². The average Bonchev–Trinajstić information content (AvgIpc) is 2.58. The fourth-order valence-electron chi connectivity index (χ4n) is 1.61. The second-order valence-corrected chi connectivity index (χ2v) is 4.40. The van der Waals surface area contributed by atoms with Crippen LogP contribution in [0.2, 0.25) is 0 Å². The number of hydrogen-bond acceptors (Lipinski definition) is 3. The molecule has 0 aliphatic heterocycles. The number of benzene rings is 1. The highest BCUT2D eigenvalue weighted by atomic mass is 16.3. The molecule has 2 rings (SSSR count). The highest BCUT2D eigenvalue weighted by molar-refractivity contribution is 5.86. The summed E-state index contributed by atoms with van der Waals surface area (Å²) in [7, 11) is 0. The maximum Gasteiger partial charge on any atom is 0.149 e. The molecular formula is C13H15NO2. The number of fused-ring (bicyclic) bond motifs is 1. The smallest absolute Gasteiger partial charge is 0.149 e. The van der Waals surface area contributed by atoms with Gasteiger partial charge in [-0.15, -0.1) is 0 Å². The zero-order chi connectivity index (χ0) is 11.8. The van der Waals surface area contributed by atoms with Gasteiger partial charge in [0.05, 0.1) is 5.54 Å². The Bertz CT molecular complexity index is 492. The number of hydrogen-bond donors (Lipinski definition) is 1. The molecule has 1 atom stereocenters. The van der Waals surface area contributed by atoms with E-state index in [0.29, 0.717) is 6.42 Å². The molecule has 0 aliphatic carbocycles. The van der Waals surface area contributed by atoms with Crippen molar-refractivity contribution >= 4 is 16.8 Å². The van der Waals surface area contributed by atoms with Crippen LogP contribution in [0.25, 0.3) is 11.0 Å². The first-order chi connectivity index (χ1) is 7.49. The lowest BCUT2D eigenvalue weighted by Crippen LogP contribution is -2.45. The zero-order valence-corrected chi connectivity index (χ0v) is 9.49. The summed E-state index contributed by atoms with van der Waals surface area (Å²) in [5, 5.41) is 1.04. The maximum absolute atomic E-state index is 11.3. The number of carbonyl (C=O) groups excluding carboxylic acids is 1. The van der Waals surface area contributed by atoms with Crippen LogP contribution < -0.4 is 5.73 Å². The fourth-order valence-corrected chi connectivity index (χ4v) is 1.61. The van der Waals surface area contributed by atoms with E-state index >= 15 is 0 Å². The number of rotatable bonds is 3. The molecule has 0 saturated carbocycles. The van der Waals surface area contributed by atoms with Crippen LogP contribution in [0.3, 0.4) is 0 Å². The van der Waals surface area contributed by atoms with Gasteiger partial charge in [-0.2, -0.15) is 0 Å². The highest BCUT2D eigenvalue weighted by Gasteiger charge is 2.26. The van der Waals surface area contributed by atoms with Crippen molar-refractivity contribution in [2.45, 2.75) is 25.8 Å². The van der Waals surface area contributed by atoms with Crippen molar-refractivity contribution in [2.75, 3.05) is 0 Å². The van der Waals surface area contributed by atoms with Gasteiger partial charge in [0.15, 0.2) is 0 Å². The van der Waals surface area contributed by atoms with Gasteiger partial charge in [-0.1, -0.05) is 18.2 Å². The minimum absolute atomic E-state index is 0.0343. The van der Waals surface area contributed by atoms with Gasteiger partial charge in [0.25, 0.3) is 0 Å². The van der Waals surface area contributed by atoms with Crippen LogP contribution in [-0.2, 0) is 11.2 Å². The molecule has 1 unspecified atom stereocenters. The van der Waals surface area contributed by atoms with Crippen molar-refractivity contribution in [3.05, 3.63) is 36.1 Å². The first kappa shape index (κ1) is 10.9. The van der Waals surface area contributed by atoms with E-state index in [1.165, 1.54) is 6.92 Å². The third kappa shape index (κ3) is 1.99. The van der Waals surface area contributed by atoms with Crippen molar-refractivity contribution in [1.82, 2.24) is 0 Å². The summed E-state index contributed by atoms with van der Waals surface area (Å²) in [5.41, 5.74) is 5.88. The summed E-state index contributed by atoms with van der Waals surface area (Å²) in [6.07, 6.45) is 0.428. The van der Waals surface area contributed by atoms with Gasteiger partial charge in [-0.05, 0) is 26.0 Å². The number of carbonyl (C=O) groups is 1. The van der Waals surface area contributed by atoms with Crippen LogP contribution in [0.5, 0.6) is 0 Å². The van der Waals surface area contributed by atoms with E-state index in [1.54, 1.807) is 6.92 Å². The van der Waals surface area contributed by atoms with Gasteiger partial charge in [0, 0.05) is 11.8 Å². The first-order valence-electron chi connectivity index (χ1n) is 5.26. The number of nitrogens with two attached hydrogens (primary N) is 1. The Morgan fingerprint density at radius 1 is 1.44 bits per heavy atom. The first-order valence-corrected chi connectivity index (χ1v) is 5.26. The predicted molar refractivity (Wildman–Crippen MR) is 63.2 cm³/mol. The lowest BCUT2D eigenvalue weighted by molar-refractivity contribution is -0.121. The molecule has 1 heterocycles. The molecule has 1 aromatic carbocycles. The van der Waals surface area contributed by atoms with Gasteiger partial charge >= 0.3 is 0 Å². The number of ketones is 1. The van der Waals surface area contributed by atoms with Crippen LogP contribution in [-0.4, -0.2) is 11.3 Å². The normalized spacial score (nSPS) is 14.9. The summed E-state index contributed by atoms with van der Waals surface area (Å²) in [4.78, 5) is 11.3. The van der Waals surface area contributed by atoms with Crippen LogP contribution in [0.1, 0.15) is 19.6 Å². The average molecular weight is 217 g/mol. The highest BCUT2D eigenvalue weighted by Crippen LogP contribution is 2.21. The van der Waals surface area contributed by atoms with Crippen LogP contribution in [0.4, 0.5) is 0 Å². The van der Waals surface area contributed by atoms with E-state index in [1.807, 2.05) is 30.3 Å². The Kier molecular flexibility index (Phi) is 2.56. The molecule has 0 radical (unpaired) electrons. The number of Topliss-reactive ketones (excluding diaryl/α,β-unsaturated/α-hetero) is 1. The fraction of sp³-hybridized carbons (Fsp3) is 0.308. The minimum atomic E-state index is -0.853. The molecule has 0 saturated heterocycles. The molecule has 84 valence electrons. The van der Waals surface area contributed by atoms with Crippen LogP contribution in [0.15, 0.2) is 34.7 Å². The van der Waals surface area contributed by atoms with E-state index in [9.17, 15) is 4.79 Å². The second-order valence-electron chi connectivity index (χ2n) is 4.40. The molecule has 1 aromatic heterocycles. The molecule has 3 heteroatoms. The monoisotopic (exact) mass is 217 g/mol. The molecule has 0 bridgehead atoms. The summed E-state index contributed by atoms with van der Waals surface area (Å²) in [6, 6.07) is 9.68. The van der Waals surface area contributed by atoms with Gasteiger partial charge in [-0.25, -0.2) is 0 Å². The minimum Gasteiger partial charge on any atom is -0.461 e. The van der Waals surface area contributed by atoms with Gasteiger partial charge in [0.2, 0.25) is 0 Å². The molecule has 0 aliphatic rings. The van der Waals surface area contributed by atoms with E-state index in [0.717, 1.165) is 16.7 Å². The largest absolute Gasteiger partial charge is 0.461 e. The maximum atomic E-state index is 11.3. The van der Waals surface area contributed by atoms with Crippen molar-refractivity contribution in [3.8, 4) is 0 Å². The van der Waals surface area contributed by atoms with E-state index in [4.69, 9.17) is 10.2 Å². The Morgan fingerprint density at radius 3 is 2.75 bits per heavy atom. The van der Waals surface area contributed by atoms with Crippen molar-refractivity contribution in [1.29, 1.82) is 0 Å². The molecule has 0 amide bonds. The molecular weight excluding hydrogens is 202 g/mol. The molecule has 2 aromatic rings. The predicted octanol–water partition coefficient (Wildman–Crippen LogP) is 2.28. The third-order valence-corrected chi connectivity index (χ3v) is 2.82. The Morgan fingerprint density at radius 2 is 2.12 bits per heavy atom. The zero-order valence-electron chi connectivity index (χ0n) is 9.49. The molecule has 0 fully saturated rings. The van der Waals surface area contributed by atoms with Gasteiger partial charge < -0.3 is 10.2 Å². The number of para-hydroxylation sites is 1. The molecule has 3 nitrogen and oxygen atoms in total. The van der Waals surface area contributed by atoms with Crippen LogP contribution in [0, 0.1) is 0 Å². The third-order valence-electron chi connectivity index (χ3n) is 2.82. The summed E-state index contributed by atoms with van der Waals surface area (Å²) in [6.45, 7) is 3.23. The molecule has 0 spiro atoms.